The molecule has 35 heavy (non-hydrogen) atoms. The number of hydrogen-bond donors (Lipinski definition) is 2. The molecule has 0 fully saturated rings. The molecule has 0 bridgehead atoms. The summed E-state index contributed by atoms with van der Waals surface area (Å²) < 4.78 is 42.2. The number of aromatic nitrogens is 3. The Balaban J connectivity index is 1.66. The van der Waals surface area contributed by atoms with Crippen molar-refractivity contribution in [1.29, 1.82) is 0 Å². The van der Waals surface area contributed by atoms with Gasteiger partial charge in [0.1, 0.15) is 12.1 Å². The number of halogens is 5. The first kappa shape index (κ1) is 24.5. The normalized spacial score (nSPS) is 11.5. The number of nitrogens with one attached hydrogen (secondary N) is 2. The summed E-state index contributed by atoms with van der Waals surface area (Å²) in [6, 6.07) is 12.1. The van der Waals surface area contributed by atoms with Crippen LogP contribution in [0.15, 0.2) is 60.9 Å². The Labute approximate surface area is 206 Å². The van der Waals surface area contributed by atoms with E-state index in [1.807, 2.05) is 0 Å². The van der Waals surface area contributed by atoms with Crippen molar-refractivity contribution in [3.63, 3.8) is 0 Å². The van der Waals surface area contributed by atoms with Gasteiger partial charge in [0.15, 0.2) is 0 Å². The number of carbonyl (C=O) groups excluding carboxylic acids is 2. The van der Waals surface area contributed by atoms with E-state index in [0.29, 0.717) is 5.56 Å². The number of para-hydroxylation sites is 1. The van der Waals surface area contributed by atoms with Crippen LogP contribution in [-0.4, -0.2) is 26.3 Å². The molecule has 2 aromatic carbocycles. The third-order valence-corrected chi connectivity index (χ3v) is 5.61. The van der Waals surface area contributed by atoms with E-state index in [-0.39, 0.29) is 38.9 Å². The van der Waals surface area contributed by atoms with Gasteiger partial charge in [0.05, 0.1) is 26.8 Å². The minimum Gasteiger partial charge on any atom is -0.350 e. The van der Waals surface area contributed by atoms with E-state index >= 15 is 0 Å². The average Bonchev–Trinajstić information content (AvgIpc) is 3.18. The van der Waals surface area contributed by atoms with E-state index in [9.17, 15) is 22.8 Å². The number of benzene rings is 2. The van der Waals surface area contributed by atoms with Crippen molar-refractivity contribution in [3.05, 3.63) is 87.9 Å². The second-order valence-corrected chi connectivity index (χ2v) is 8.20. The summed E-state index contributed by atoms with van der Waals surface area (Å²) in [6.45, 7) is -0.542. The van der Waals surface area contributed by atoms with E-state index in [4.69, 9.17) is 23.2 Å². The molecule has 0 aliphatic heterocycles. The van der Waals surface area contributed by atoms with E-state index in [0.717, 1.165) is 4.57 Å². The molecule has 2 aromatic heterocycles. The number of alkyl halides is 3. The second-order valence-electron chi connectivity index (χ2n) is 7.38. The summed E-state index contributed by atoms with van der Waals surface area (Å²) in [6.07, 6.45) is -1.75. The molecule has 0 atom stereocenters. The van der Waals surface area contributed by atoms with Crippen LogP contribution in [0.5, 0.6) is 0 Å². The van der Waals surface area contributed by atoms with Gasteiger partial charge < -0.3 is 15.2 Å². The molecule has 0 spiro atoms. The number of amides is 2. The molecular formula is C23H16Cl2F3N5O2. The molecule has 0 radical (unpaired) electrons. The van der Waals surface area contributed by atoms with E-state index in [1.54, 1.807) is 24.4 Å². The quantitative estimate of drug-likeness (QED) is 0.359. The van der Waals surface area contributed by atoms with Crippen molar-refractivity contribution in [2.45, 2.75) is 19.3 Å². The molecule has 4 rings (SSSR count). The highest BCUT2D eigenvalue weighted by atomic mass is 35.5. The summed E-state index contributed by atoms with van der Waals surface area (Å²) >= 11 is 12.1. The van der Waals surface area contributed by atoms with Gasteiger partial charge in [-0.15, -0.1) is 0 Å². The molecule has 0 saturated carbocycles. The Morgan fingerprint density at radius 1 is 1.00 bits per heavy atom. The lowest BCUT2D eigenvalue weighted by molar-refractivity contribution is -0.147. The van der Waals surface area contributed by atoms with Crippen molar-refractivity contribution in [1.82, 2.24) is 19.9 Å². The fourth-order valence-corrected chi connectivity index (χ4v) is 4.00. The lowest BCUT2D eigenvalue weighted by Crippen LogP contribution is -2.29. The summed E-state index contributed by atoms with van der Waals surface area (Å²) in [5, 5.41) is 5.24. The second kappa shape index (κ2) is 9.93. The zero-order chi connectivity index (χ0) is 25.2. The van der Waals surface area contributed by atoms with Crippen molar-refractivity contribution in [2.75, 3.05) is 5.32 Å². The minimum atomic E-state index is -4.85. The predicted octanol–water partition coefficient (Wildman–Crippen LogP) is 5.33. The molecule has 12 heteroatoms. The number of anilines is 1. The number of carbonyl (C=O) groups is 2. The van der Waals surface area contributed by atoms with Gasteiger partial charge in [0, 0.05) is 18.9 Å². The maximum absolute atomic E-state index is 13.8. The molecule has 2 heterocycles. The van der Waals surface area contributed by atoms with Crippen LogP contribution in [0, 0.1) is 0 Å². The highest BCUT2D eigenvalue weighted by Crippen LogP contribution is 2.34. The van der Waals surface area contributed by atoms with Gasteiger partial charge in [-0.25, -0.2) is 4.98 Å². The Morgan fingerprint density at radius 2 is 1.71 bits per heavy atom. The molecule has 4 aromatic rings. The fourth-order valence-electron chi connectivity index (χ4n) is 3.43. The smallest absolute Gasteiger partial charge is 0.350 e. The number of fused-ring (bicyclic) bond motifs is 1. The largest absolute Gasteiger partial charge is 0.449 e. The standard InChI is InChI=1S/C23H16Cl2F3N5O2/c24-14-5-1-6-15(25)19(14)21(35)31-16-7-2-8-17-20(16)32-22(23(26,27)28)33(17)12-18(34)30-11-13-4-3-9-29-10-13/h1-10H,11-12H2,(H,30,34)(H,31,35). The molecule has 180 valence electrons. The van der Waals surface area contributed by atoms with Gasteiger partial charge in [0.2, 0.25) is 11.7 Å². The molecular weight excluding hydrogens is 506 g/mol. The number of hydrogen-bond acceptors (Lipinski definition) is 4. The van der Waals surface area contributed by atoms with Gasteiger partial charge in [-0.3, -0.25) is 14.6 Å². The van der Waals surface area contributed by atoms with Gasteiger partial charge in [-0.05, 0) is 35.9 Å². The van der Waals surface area contributed by atoms with Gasteiger partial charge >= 0.3 is 6.18 Å². The molecule has 0 aliphatic rings. The van der Waals surface area contributed by atoms with Gasteiger partial charge in [-0.2, -0.15) is 13.2 Å². The van der Waals surface area contributed by atoms with Crippen LogP contribution in [0.25, 0.3) is 11.0 Å². The van der Waals surface area contributed by atoms with Crippen LogP contribution in [0.1, 0.15) is 21.7 Å². The Kier molecular flexibility index (Phi) is 6.95. The maximum atomic E-state index is 13.8. The Hall–Kier alpha value is -3.63. The third kappa shape index (κ3) is 5.39. The van der Waals surface area contributed by atoms with Crippen LogP contribution in [0.3, 0.4) is 0 Å². The van der Waals surface area contributed by atoms with Crippen LogP contribution < -0.4 is 10.6 Å². The fraction of sp³-hybridized carbons (Fsp3) is 0.130. The van der Waals surface area contributed by atoms with Gasteiger partial charge in [0.25, 0.3) is 5.91 Å². The summed E-state index contributed by atoms with van der Waals surface area (Å²) in [5.41, 5.74) is 0.533. The number of rotatable bonds is 6. The van der Waals surface area contributed by atoms with Crippen LogP contribution >= 0.6 is 23.2 Å². The van der Waals surface area contributed by atoms with Gasteiger partial charge in [-0.1, -0.05) is 41.4 Å². The third-order valence-electron chi connectivity index (χ3n) is 4.98. The van der Waals surface area contributed by atoms with Crippen LogP contribution in [0.2, 0.25) is 10.0 Å². The monoisotopic (exact) mass is 521 g/mol. The van der Waals surface area contributed by atoms with Crippen molar-refractivity contribution < 1.29 is 22.8 Å². The minimum absolute atomic E-state index is 0.00324. The van der Waals surface area contributed by atoms with Crippen molar-refractivity contribution >= 4 is 51.7 Å². The predicted molar refractivity (Wildman–Crippen MR) is 125 cm³/mol. The van der Waals surface area contributed by atoms with E-state index in [2.05, 4.69) is 20.6 Å². The summed E-state index contributed by atoms with van der Waals surface area (Å²) in [4.78, 5) is 32.9. The van der Waals surface area contributed by atoms with Crippen molar-refractivity contribution in [2.24, 2.45) is 0 Å². The Morgan fingerprint density at radius 3 is 2.37 bits per heavy atom. The van der Waals surface area contributed by atoms with Crippen LogP contribution in [-0.2, 0) is 24.1 Å². The first-order valence-electron chi connectivity index (χ1n) is 10.1. The highest BCUT2D eigenvalue weighted by molar-refractivity contribution is 6.40. The van der Waals surface area contributed by atoms with Crippen LogP contribution in [0.4, 0.5) is 18.9 Å². The average molecular weight is 522 g/mol. The summed E-state index contributed by atoms with van der Waals surface area (Å²) in [5.74, 6) is -2.65. The van der Waals surface area contributed by atoms with E-state index in [1.165, 1.54) is 36.5 Å². The lowest BCUT2D eigenvalue weighted by atomic mass is 10.2. The zero-order valence-corrected chi connectivity index (χ0v) is 19.2. The molecule has 2 amide bonds. The SMILES string of the molecule is O=C(Cn1c(C(F)(F)F)nc2c(NC(=O)c3c(Cl)cccc3Cl)cccc21)NCc1cccnc1. The summed E-state index contributed by atoms with van der Waals surface area (Å²) in [7, 11) is 0. The lowest BCUT2D eigenvalue weighted by Gasteiger charge is -2.12. The first-order valence-corrected chi connectivity index (χ1v) is 10.9. The Bertz CT molecular complexity index is 1390. The molecule has 0 aliphatic carbocycles. The van der Waals surface area contributed by atoms with Crippen molar-refractivity contribution in [3.8, 4) is 0 Å². The van der Waals surface area contributed by atoms with E-state index < -0.39 is 30.4 Å². The maximum Gasteiger partial charge on any atom is 0.449 e. The number of pyridine rings is 1. The molecule has 7 nitrogen and oxygen atoms in total. The highest BCUT2D eigenvalue weighted by Gasteiger charge is 2.38. The molecule has 0 unspecified atom stereocenters. The zero-order valence-electron chi connectivity index (χ0n) is 17.7. The molecule has 0 saturated heterocycles. The number of nitrogens with zero attached hydrogens (tertiary/aromatic N) is 3. The first-order chi connectivity index (χ1) is 16.6. The topological polar surface area (TPSA) is 88.9 Å². The number of imidazole rings is 1. The molecule has 2 N–H and O–H groups in total.